The first-order valence-corrected chi connectivity index (χ1v) is 6.95. The fourth-order valence-corrected chi connectivity index (χ4v) is 2.01. The number of hydrogen-bond acceptors (Lipinski definition) is 5. The van der Waals surface area contributed by atoms with Crippen LogP contribution < -0.4 is 11.1 Å². The van der Waals surface area contributed by atoms with Gasteiger partial charge in [-0.25, -0.2) is 4.98 Å². The monoisotopic (exact) mass is 271 g/mol. The third-order valence-electron chi connectivity index (χ3n) is 2.13. The molecule has 0 fully saturated rings. The number of nitrogens with zero attached hydrogens (tertiary/aromatic N) is 1. The third kappa shape index (κ3) is 5.12. The number of nitrogens with one attached hydrogen (secondary N) is 1. The van der Waals surface area contributed by atoms with E-state index in [2.05, 4.69) is 24.1 Å². The normalized spacial score (nSPS) is 12.7. The highest BCUT2D eigenvalue weighted by Crippen LogP contribution is 2.15. The maximum Gasteiger partial charge on any atom is 0.270 e. The summed E-state index contributed by atoms with van der Waals surface area (Å²) in [4.78, 5) is 15.9. The summed E-state index contributed by atoms with van der Waals surface area (Å²) in [6.45, 7) is 7.75. The van der Waals surface area contributed by atoms with Crippen LogP contribution in [-0.2, 0) is 4.74 Å². The summed E-state index contributed by atoms with van der Waals surface area (Å²) in [6.07, 6.45) is 0. The maximum atomic E-state index is 11.7. The van der Waals surface area contributed by atoms with Crippen molar-refractivity contribution in [1.82, 2.24) is 10.3 Å². The van der Waals surface area contributed by atoms with Crippen molar-refractivity contribution in [3.8, 4) is 0 Å². The molecule has 1 aromatic rings. The Labute approximate surface area is 112 Å². The van der Waals surface area contributed by atoms with Gasteiger partial charge in [0, 0.05) is 18.5 Å². The van der Waals surface area contributed by atoms with Gasteiger partial charge >= 0.3 is 0 Å². The molecule has 0 aliphatic rings. The molecule has 1 amide bonds. The molecule has 6 heteroatoms. The van der Waals surface area contributed by atoms with Crippen LogP contribution in [0.15, 0.2) is 5.38 Å². The molecule has 1 rings (SSSR count). The molecule has 0 radical (unpaired) electrons. The van der Waals surface area contributed by atoms with Crippen LogP contribution in [0.4, 0.5) is 0 Å². The topological polar surface area (TPSA) is 77.2 Å². The Morgan fingerprint density at radius 2 is 2.28 bits per heavy atom. The lowest BCUT2D eigenvalue weighted by atomic mass is 10.2. The van der Waals surface area contributed by atoms with Gasteiger partial charge in [-0.05, 0) is 12.8 Å². The van der Waals surface area contributed by atoms with Crippen LogP contribution in [-0.4, -0.2) is 30.6 Å². The Hall–Kier alpha value is -0.980. The van der Waals surface area contributed by atoms with E-state index in [1.165, 1.54) is 11.3 Å². The molecule has 5 nitrogen and oxygen atoms in total. The van der Waals surface area contributed by atoms with Crippen LogP contribution >= 0.6 is 11.3 Å². The maximum absolute atomic E-state index is 11.7. The molecular weight excluding hydrogens is 250 g/mol. The van der Waals surface area contributed by atoms with Crippen molar-refractivity contribution < 1.29 is 9.53 Å². The average molecular weight is 271 g/mol. The molecular formula is C12H21N3O2S. The number of hydrogen-bond donors (Lipinski definition) is 2. The van der Waals surface area contributed by atoms with E-state index in [9.17, 15) is 4.79 Å². The van der Waals surface area contributed by atoms with E-state index in [4.69, 9.17) is 10.5 Å². The first-order valence-electron chi connectivity index (χ1n) is 6.07. The highest BCUT2D eigenvalue weighted by Gasteiger charge is 2.11. The molecule has 0 saturated heterocycles. The summed E-state index contributed by atoms with van der Waals surface area (Å²) in [6, 6.07) is -0.133. The molecule has 0 saturated carbocycles. The van der Waals surface area contributed by atoms with E-state index in [0.29, 0.717) is 31.4 Å². The fraction of sp³-hybridized carbons (Fsp3) is 0.667. The number of carbonyl (C=O) groups is 1. The molecule has 0 aliphatic heterocycles. The van der Waals surface area contributed by atoms with E-state index in [-0.39, 0.29) is 11.9 Å². The average Bonchev–Trinajstić information content (AvgIpc) is 2.77. The SMILES string of the molecule is CC(C)COCCNC(=O)c1csc(C(C)N)n1. The second-order valence-electron chi connectivity index (χ2n) is 4.58. The van der Waals surface area contributed by atoms with Gasteiger partial charge in [0.15, 0.2) is 0 Å². The van der Waals surface area contributed by atoms with E-state index < -0.39 is 0 Å². The molecule has 3 N–H and O–H groups in total. The van der Waals surface area contributed by atoms with Crippen LogP contribution in [0.3, 0.4) is 0 Å². The highest BCUT2D eigenvalue weighted by atomic mass is 32.1. The van der Waals surface area contributed by atoms with Gasteiger partial charge in [-0.2, -0.15) is 0 Å². The summed E-state index contributed by atoms with van der Waals surface area (Å²) in [5.41, 5.74) is 6.12. The van der Waals surface area contributed by atoms with Crippen molar-refractivity contribution >= 4 is 17.2 Å². The number of ether oxygens (including phenoxy) is 1. The number of amides is 1. The molecule has 18 heavy (non-hydrogen) atoms. The Bertz CT molecular complexity index is 377. The number of aromatic nitrogens is 1. The van der Waals surface area contributed by atoms with E-state index in [0.717, 1.165) is 5.01 Å². The van der Waals surface area contributed by atoms with E-state index in [1.807, 2.05) is 6.92 Å². The highest BCUT2D eigenvalue weighted by molar-refractivity contribution is 7.09. The standard InChI is InChI=1S/C12H21N3O2S/c1-8(2)6-17-5-4-14-11(16)10-7-18-12(15-10)9(3)13/h7-9H,4-6,13H2,1-3H3,(H,14,16). The zero-order chi connectivity index (χ0) is 13.5. The molecule has 0 aromatic carbocycles. The molecule has 0 aliphatic carbocycles. The molecule has 1 heterocycles. The van der Waals surface area contributed by atoms with Crippen LogP contribution in [0, 0.1) is 5.92 Å². The molecule has 1 aromatic heterocycles. The minimum atomic E-state index is -0.175. The summed E-state index contributed by atoms with van der Waals surface area (Å²) in [5.74, 6) is 0.333. The summed E-state index contributed by atoms with van der Waals surface area (Å²) in [5, 5.41) is 5.26. The second-order valence-corrected chi connectivity index (χ2v) is 5.47. The smallest absolute Gasteiger partial charge is 0.270 e. The Balaban J connectivity index is 2.27. The van der Waals surface area contributed by atoms with Gasteiger partial charge in [0.2, 0.25) is 0 Å². The Kier molecular flexibility index (Phi) is 6.24. The third-order valence-corrected chi connectivity index (χ3v) is 3.17. The lowest BCUT2D eigenvalue weighted by molar-refractivity contribution is 0.0882. The fourth-order valence-electron chi connectivity index (χ4n) is 1.25. The van der Waals surface area contributed by atoms with Crippen molar-refractivity contribution in [3.05, 3.63) is 16.1 Å². The van der Waals surface area contributed by atoms with Gasteiger partial charge in [0.25, 0.3) is 5.91 Å². The van der Waals surface area contributed by atoms with Crippen LogP contribution in [0.25, 0.3) is 0 Å². The van der Waals surface area contributed by atoms with Crippen LogP contribution in [0.2, 0.25) is 0 Å². The Morgan fingerprint density at radius 3 is 2.83 bits per heavy atom. The number of nitrogens with two attached hydrogens (primary N) is 1. The minimum absolute atomic E-state index is 0.133. The summed E-state index contributed by atoms with van der Waals surface area (Å²) >= 11 is 1.41. The summed E-state index contributed by atoms with van der Waals surface area (Å²) in [7, 11) is 0. The number of carbonyl (C=O) groups excluding carboxylic acids is 1. The first-order chi connectivity index (χ1) is 8.50. The lowest BCUT2D eigenvalue weighted by Crippen LogP contribution is -2.28. The molecule has 0 spiro atoms. The zero-order valence-corrected chi connectivity index (χ0v) is 11.9. The van der Waals surface area contributed by atoms with Crippen molar-refractivity contribution in [2.75, 3.05) is 19.8 Å². The summed E-state index contributed by atoms with van der Waals surface area (Å²) < 4.78 is 5.37. The van der Waals surface area contributed by atoms with Crippen molar-refractivity contribution in [2.45, 2.75) is 26.8 Å². The minimum Gasteiger partial charge on any atom is -0.379 e. The van der Waals surface area contributed by atoms with Gasteiger partial charge < -0.3 is 15.8 Å². The van der Waals surface area contributed by atoms with Gasteiger partial charge in [0.05, 0.1) is 12.6 Å². The van der Waals surface area contributed by atoms with Crippen molar-refractivity contribution in [1.29, 1.82) is 0 Å². The molecule has 102 valence electrons. The van der Waals surface area contributed by atoms with Crippen LogP contribution in [0.5, 0.6) is 0 Å². The molecule has 1 atom stereocenters. The van der Waals surface area contributed by atoms with Gasteiger partial charge in [-0.15, -0.1) is 11.3 Å². The van der Waals surface area contributed by atoms with Crippen LogP contribution in [0.1, 0.15) is 42.3 Å². The van der Waals surface area contributed by atoms with E-state index in [1.54, 1.807) is 5.38 Å². The molecule has 0 bridgehead atoms. The molecule has 1 unspecified atom stereocenters. The number of rotatable bonds is 7. The van der Waals surface area contributed by atoms with Gasteiger partial charge in [-0.1, -0.05) is 13.8 Å². The van der Waals surface area contributed by atoms with Crippen molar-refractivity contribution in [2.24, 2.45) is 11.7 Å². The largest absolute Gasteiger partial charge is 0.379 e. The first kappa shape index (κ1) is 15.1. The second kappa shape index (κ2) is 7.45. The van der Waals surface area contributed by atoms with Gasteiger partial charge in [-0.3, -0.25) is 4.79 Å². The lowest BCUT2D eigenvalue weighted by Gasteiger charge is -2.07. The predicted octanol–water partition coefficient (Wildman–Crippen LogP) is 1.57. The van der Waals surface area contributed by atoms with Gasteiger partial charge in [0.1, 0.15) is 10.7 Å². The number of thiazole rings is 1. The van der Waals surface area contributed by atoms with Crippen molar-refractivity contribution in [3.63, 3.8) is 0 Å². The van der Waals surface area contributed by atoms with E-state index >= 15 is 0 Å². The zero-order valence-electron chi connectivity index (χ0n) is 11.1. The predicted molar refractivity (Wildman–Crippen MR) is 72.7 cm³/mol. The quantitative estimate of drug-likeness (QED) is 0.738. The Morgan fingerprint density at radius 1 is 1.56 bits per heavy atom.